The second-order valence-corrected chi connectivity index (χ2v) is 6.31. The lowest BCUT2D eigenvalue weighted by Gasteiger charge is -2.08. The third-order valence-electron chi connectivity index (χ3n) is 4.14. The van der Waals surface area contributed by atoms with Gasteiger partial charge in [0.15, 0.2) is 0 Å². The van der Waals surface area contributed by atoms with Crippen molar-refractivity contribution in [2.75, 3.05) is 5.32 Å². The fourth-order valence-corrected chi connectivity index (χ4v) is 2.99. The van der Waals surface area contributed by atoms with Gasteiger partial charge in [0, 0.05) is 12.1 Å². The average Bonchev–Trinajstić information content (AvgIpc) is 2.92. The molecular weight excluding hydrogens is 354 g/mol. The molecule has 0 fully saturated rings. The molecular formula is C18H14ClN5O2. The number of rotatable bonds is 3. The number of benzene rings is 2. The number of nitrogens with one attached hydrogen (secondary N) is 1. The van der Waals surface area contributed by atoms with Crippen LogP contribution in [0.5, 0.6) is 0 Å². The number of aryl methyl sites for hydroxylation is 1. The molecule has 7 nitrogen and oxygen atoms in total. The summed E-state index contributed by atoms with van der Waals surface area (Å²) in [6, 6.07) is 12.3. The van der Waals surface area contributed by atoms with Crippen LogP contribution >= 0.6 is 11.6 Å². The molecule has 0 saturated carbocycles. The van der Waals surface area contributed by atoms with Gasteiger partial charge in [0.2, 0.25) is 11.9 Å². The summed E-state index contributed by atoms with van der Waals surface area (Å²) < 4.78 is 3.03. The summed E-state index contributed by atoms with van der Waals surface area (Å²) in [6.45, 7) is -0.152. The van der Waals surface area contributed by atoms with E-state index < -0.39 is 0 Å². The number of carbonyl (C=O) groups excluding carboxylic acids is 1. The van der Waals surface area contributed by atoms with Crippen molar-refractivity contribution in [1.82, 2.24) is 19.1 Å². The van der Waals surface area contributed by atoms with Gasteiger partial charge in [-0.25, -0.2) is 9.97 Å². The molecule has 2 aromatic carbocycles. The van der Waals surface area contributed by atoms with Crippen molar-refractivity contribution in [2.45, 2.75) is 6.54 Å². The van der Waals surface area contributed by atoms with E-state index in [-0.39, 0.29) is 18.0 Å². The first kappa shape index (κ1) is 16.3. The fraction of sp³-hybridized carbons (Fsp3) is 0.111. The van der Waals surface area contributed by atoms with Crippen LogP contribution in [0.2, 0.25) is 5.02 Å². The van der Waals surface area contributed by atoms with Gasteiger partial charge in [0.05, 0.1) is 28.3 Å². The summed E-state index contributed by atoms with van der Waals surface area (Å²) in [4.78, 5) is 33.4. The number of halogens is 1. The number of fused-ring (bicyclic) bond motifs is 2. The lowest BCUT2D eigenvalue weighted by Crippen LogP contribution is -2.28. The van der Waals surface area contributed by atoms with Crippen molar-refractivity contribution in [1.29, 1.82) is 0 Å². The normalized spacial score (nSPS) is 11.2. The molecule has 4 rings (SSSR count). The minimum Gasteiger partial charge on any atom is -0.313 e. The van der Waals surface area contributed by atoms with Gasteiger partial charge in [-0.3, -0.25) is 19.5 Å². The van der Waals surface area contributed by atoms with Crippen LogP contribution in [0.4, 0.5) is 5.95 Å². The molecule has 2 aromatic heterocycles. The molecule has 130 valence electrons. The smallest absolute Gasteiger partial charge is 0.261 e. The third kappa shape index (κ3) is 2.82. The van der Waals surface area contributed by atoms with E-state index in [1.807, 2.05) is 12.1 Å². The minimum atomic E-state index is -0.367. The number of nitrogens with zero attached hydrogens (tertiary/aromatic N) is 4. The van der Waals surface area contributed by atoms with Crippen LogP contribution in [0.3, 0.4) is 0 Å². The maximum Gasteiger partial charge on any atom is 0.261 e. The van der Waals surface area contributed by atoms with Crippen LogP contribution in [0.1, 0.15) is 0 Å². The molecule has 8 heteroatoms. The van der Waals surface area contributed by atoms with E-state index in [0.717, 1.165) is 5.52 Å². The molecule has 0 bridgehead atoms. The van der Waals surface area contributed by atoms with E-state index in [4.69, 9.17) is 11.6 Å². The molecule has 0 aliphatic rings. The minimum absolute atomic E-state index is 0.152. The van der Waals surface area contributed by atoms with E-state index in [1.165, 1.54) is 10.9 Å². The molecule has 0 spiro atoms. The first-order valence-corrected chi connectivity index (χ1v) is 8.27. The van der Waals surface area contributed by atoms with Gasteiger partial charge in [-0.2, -0.15) is 0 Å². The Kier molecular flexibility index (Phi) is 3.93. The molecule has 0 unspecified atom stereocenters. The molecule has 0 saturated heterocycles. The van der Waals surface area contributed by atoms with Gasteiger partial charge < -0.3 is 4.57 Å². The third-order valence-corrected chi connectivity index (χ3v) is 4.37. The highest BCUT2D eigenvalue weighted by molar-refractivity contribution is 6.31. The van der Waals surface area contributed by atoms with E-state index in [1.54, 1.807) is 41.9 Å². The van der Waals surface area contributed by atoms with Crippen molar-refractivity contribution in [3.8, 4) is 0 Å². The quantitative estimate of drug-likeness (QED) is 0.603. The zero-order valence-electron chi connectivity index (χ0n) is 13.8. The number of amides is 1. The molecule has 1 amide bonds. The van der Waals surface area contributed by atoms with Crippen LogP contribution in [-0.4, -0.2) is 25.0 Å². The van der Waals surface area contributed by atoms with Gasteiger partial charge >= 0.3 is 0 Å². The van der Waals surface area contributed by atoms with E-state index in [2.05, 4.69) is 15.3 Å². The van der Waals surface area contributed by atoms with E-state index in [9.17, 15) is 9.59 Å². The van der Waals surface area contributed by atoms with Crippen LogP contribution in [-0.2, 0) is 18.4 Å². The van der Waals surface area contributed by atoms with Crippen LogP contribution in [0.15, 0.2) is 53.6 Å². The van der Waals surface area contributed by atoms with Crippen LogP contribution in [0, 0.1) is 0 Å². The number of aromatic nitrogens is 4. The van der Waals surface area contributed by atoms with Gasteiger partial charge in [-0.05, 0) is 30.3 Å². The lowest BCUT2D eigenvalue weighted by molar-refractivity contribution is -0.116. The Bertz CT molecular complexity index is 1210. The predicted molar refractivity (Wildman–Crippen MR) is 100 cm³/mol. The highest BCUT2D eigenvalue weighted by Gasteiger charge is 2.13. The Morgan fingerprint density at radius 2 is 2.00 bits per heavy atom. The highest BCUT2D eigenvalue weighted by Crippen LogP contribution is 2.21. The SMILES string of the molecule is Cn1c(NC(=O)Cn2cnc3ccccc3c2=O)nc2cc(Cl)ccc21. The second kappa shape index (κ2) is 6.27. The standard InChI is InChI=1S/C18H14ClN5O2/c1-23-15-7-6-11(19)8-14(15)21-18(23)22-16(25)9-24-10-20-13-5-3-2-4-12(13)17(24)26/h2-8,10H,9H2,1H3,(H,21,22,25). The molecule has 0 atom stereocenters. The van der Waals surface area contributed by atoms with Gasteiger partial charge in [-0.15, -0.1) is 0 Å². The average molecular weight is 368 g/mol. The summed E-state index contributed by atoms with van der Waals surface area (Å²) in [5.74, 6) is 0.0164. The summed E-state index contributed by atoms with van der Waals surface area (Å²) in [7, 11) is 1.79. The van der Waals surface area contributed by atoms with E-state index in [0.29, 0.717) is 27.4 Å². The summed E-state index contributed by atoms with van der Waals surface area (Å²) in [6.07, 6.45) is 1.37. The summed E-state index contributed by atoms with van der Waals surface area (Å²) in [5.41, 5.74) is 1.86. The number of para-hydroxylation sites is 1. The monoisotopic (exact) mass is 367 g/mol. The van der Waals surface area contributed by atoms with Gasteiger partial charge in [0.1, 0.15) is 6.54 Å². The molecule has 0 radical (unpaired) electrons. The fourth-order valence-electron chi connectivity index (χ4n) is 2.82. The zero-order valence-corrected chi connectivity index (χ0v) is 14.6. The van der Waals surface area contributed by atoms with Gasteiger partial charge in [0.25, 0.3) is 5.56 Å². The second-order valence-electron chi connectivity index (χ2n) is 5.87. The Morgan fingerprint density at radius 1 is 1.19 bits per heavy atom. The van der Waals surface area contributed by atoms with Crippen LogP contribution < -0.4 is 10.9 Å². The lowest BCUT2D eigenvalue weighted by atomic mass is 10.2. The predicted octanol–water partition coefficient (Wildman–Crippen LogP) is 2.58. The summed E-state index contributed by atoms with van der Waals surface area (Å²) >= 11 is 5.98. The Morgan fingerprint density at radius 3 is 2.85 bits per heavy atom. The molecule has 4 aromatic rings. The largest absolute Gasteiger partial charge is 0.313 e. The van der Waals surface area contributed by atoms with Crippen molar-refractivity contribution >= 4 is 45.4 Å². The number of hydrogen-bond donors (Lipinski definition) is 1. The first-order chi connectivity index (χ1) is 12.5. The maximum absolute atomic E-state index is 12.5. The van der Waals surface area contributed by atoms with E-state index >= 15 is 0 Å². The van der Waals surface area contributed by atoms with Crippen molar-refractivity contribution in [3.63, 3.8) is 0 Å². The van der Waals surface area contributed by atoms with Crippen molar-refractivity contribution < 1.29 is 4.79 Å². The topological polar surface area (TPSA) is 81.8 Å². The first-order valence-electron chi connectivity index (χ1n) is 7.89. The highest BCUT2D eigenvalue weighted by atomic mass is 35.5. The molecule has 26 heavy (non-hydrogen) atoms. The maximum atomic E-state index is 12.5. The number of carbonyl (C=O) groups is 1. The molecule has 0 aliphatic heterocycles. The van der Waals surface area contributed by atoms with Crippen molar-refractivity contribution in [3.05, 3.63) is 64.2 Å². The molecule has 0 aliphatic carbocycles. The number of hydrogen-bond acceptors (Lipinski definition) is 4. The molecule has 2 heterocycles. The zero-order chi connectivity index (χ0) is 18.3. The number of anilines is 1. The number of imidazole rings is 1. The van der Waals surface area contributed by atoms with Crippen molar-refractivity contribution in [2.24, 2.45) is 7.05 Å². The molecule has 1 N–H and O–H groups in total. The Labute approximate surface area is 152 Å². The Balaban J connectivity index is 1.61. The van der Waals surface area contributed by atoms with Crippen LogP contribution in [0.25, 0.3) is 21.9 Å². The van der Waals surface area contributed by atoms with Gasteiger partial charge in [-0.1, -0.05) is 23.7 Å². The summed E-state index contributed by atoms with van der Waals surface area (Å²) in [5, 5.41) is 3.77. The Hall–Kier alpha value is -3.19.